The Kier molecular flexibility index (Phi) is 6.71. The summed E-state index contributed by atoms with van der Waals surface area (Å²) in [5.41, 5.74) is 3.47. The molecule has 8 heteroatoms. The molecule has 1 fully saturated rings. The van der Waals surface area contributed by atoms with E-state index < -0.39 is 0 Å². The van der Waals surface area contributed by atoms with Crippen LogP contribution < -0.4 is 15.5 Å². The number of hydrogen-bond donors (Lipinski definition) is 2. The van der Waals surface area contributed by atoms with Crippen molar-refractivity contribution in [2.75, 3.05) is 43.6 Å². The monoisotopic (exact) mass is 474 g/mol. The van der Waals surface area contributed by atoms with Crippen LogP contribution in [0.3, 0.4) is 0 Å². The van der Waals surface area contributed by atoms with Gasteiger partial charge in [-0.2, -0.15) is 5.10 Å². The normalized spacial score (nSPS) is 15.0. The summed E-state index contributed by atoms with van der Waals surface area (Å²) in [6.07, 6.45) is 1.92. The largest absolute Gasteiger partial charge is 0.378 e. The van der Waals surface area contributed by atoms with Crippen LogP contribution in [-0.2, 0) is 11.3 Å². The molecule has 0 spiro atoms. The van der Waals surface area contributed by atoms with Crippen molar-refractivity contribution in [2.45, 2.75) is 26.4 Å². The van der Waals surface area contributed by atoms with E-state index in [9.17, 15) is 0 Å². The Balaban J connectivity index is 1.43. The van der Waals surface area contributed by atoms with Crippen LogP contribution in [0.25, 0.3) is 21.2 Å². The summed E-state index contributed by atoms with van der Waals surface area (Å²) in [5, 5.41) is 17.9. The van der Waals surface area contributed by atoms with Crippen LogP contribution in [0.5, 0.6) is 0 Å². The van der Waals surface area contributed by atoms with E-state index in [1.807, 2.05) is 31.5 Å². The van der Waals surface area contributed by atoms with E-state index in [-0.39, 0.29) is 6.04 Å². The molecule has 176 valence electrons. The molecule has 2 N–H and O–H groups in total. The molecule has 1 atom stereocenters. The van der Waals surface area contributed by atoms with Gasteiger partial charge in [0.15, 0.2) is 5.82 Å². The van der Waals surface area contributed by atoms with E-state index in [0.29, 0.717) is 0 Å². The summed E-state index contributed by atoms with van der Waals surface area (Å²) in [5.74, 6) is 1.74. The van der Waals surface area contributed by atoms with E-state index in [2.05, 4.69) is 75.1 Å². The van der Waals surface area contributed by atoms with Gasteiger partial charge in [0.1, 0.15) is 5.82 Å². The second-order valence-electron chi connectivity index (χ2n) is 8.58. The minimum atomic E-state index is 0.0930. The highest BCUT2D eigenvalue weighted by Gasteiger charge is 2.18. The molecular weight excluding hydrogens is 444 g/mol. The number of rotatable bonds is 7. The molecule has 0 saturated carbocycles. The summed E-state index contributed by atoms with van der Waals surface area (Å²) >= 11 is 1.81. The number of morpholine rings is 1. The van der Waals surface area contributed by atoms with Crippen LogP contribution in [0.4, 0.5) is 11.6 Å². The fraction of sp³-hybridized carbons (Fsp3) is 0.346. The Labute approximate surface area is 204 Å². The minimum Gasteiger partial charge on any atom is -0.378 e. The number of aryl methyl sites for hydroxylation is 1. The smallest absolute Gasteiger partial charge is 0.157 e. The maximum atomic E-state index is 5.50. The first-order valence-corrected chi connectivity index (χ1v) is 12.5. The molecule has 1 saturated heterocycles. The number of pyridine rings is 1. The first kappa shape index (κ1) is 22.7. The Morgan fingerprint density at radius 3 is 2.74 bits per heavy atom. The lowest BCUT2D eigenvalue weighted by Crippen LogP contribution is -2.36. The number of thiophene rings is 1. The molecular formula is C26H30N6OS. The lowest BCUT2D eigenvalue weighted by atomic mass is 10.1. The predicted molar refractivity (Wildman–Crippen MR) is 140 cm³/mol. The Bertz CT molecular complexity index is 1280. The summed E-state index contributed by atoms with van der Waals surface area (Å²) in [6.45, 7) is 8.16. The van der Waals surface area contributed by atoms with Crippen molar-refractivity contribution in [1.29, 1.82) is 0 Å². The second kappa shape index (κ2) is 10.0. The maximum Gasteiger partial charge on any atom is 0.157 e. The van der Waals surface area contributed by atoms with E-state index in [0.717, 1.165) is 61.0 Å². The zero-order valence-electron chi connectivity index (χ0n) is 19.8. The van der Waals surface area contributed by atoms with Crippen molar-refractivity contribution in [1.82, 2.24) is 20.5 Å². The molecule has 1 aromatic carbocycles. The van der Waals surface area contributed by atoms with Crippen molar-refractivity contribution >= 4 is 33.7 Å². The first-order valence-electron chi connectivity index (χ1n) is 11.7. The lowest BCUT2D eigenvalue weighted by Gasteiger charge is -2.28. The third kappa shape index (κ3) is 4.61. The van der Waals surface area contributed by atoms with Crippen LogP contribution in [0.1, 0.15) is 29.1 Å². The Morgan fingerprint density at radius 1 is 1.09 bits per heavy atom. The average Bonchev–Trinajstić information content (AvgIpc) is 3.37. The topological polar surface area (TPSA) is 75.2 Å². The number of aromatic nitrogens is 3. The zero-order valence-corrected chi connectivity index (χ0v) is 20.7. The molecule has 34 heavy (non-hydrogen) atoms. The lowest BCUT2D eigenvalue weighted by molar-refractivity contribution is 0.122. The minimum absolute atomic E-state index is 0.0930. The Morgan fingerprint density at radius 2 is 1.91 bits per heavy atom. The molecule has 3 aromatic heterocycles. The number of nitrogens with zero attached hydrogens (tertiary/aromatic N) is 4. The SMILES string of the molecule is CNCc1ccccc1-c1ccc(C(C)Nc2nnc(C)c3cnc(N4CCOCC4)cc23)s1. The molecule has 0 bridgehead atoms. The van der Waals surface area contributed by atoms with Gasteiger partial charge in [-0.3, -0.25) is 0 Å². The van der Waals surface area contributed by atoms with Crippen LogP contribution >= 0.6 is 11.3 Å². The van der Waals surface area contributed by atoms with E-state index >= 15 is 0 Å². The number of anilines is 2. The van der Waals surface area contributed by atoms with Gasteiger partial charge in [-0.1, -0.05) is 24.3 Å². The van der Waals surface area contributed by atoms with Crippen molar-refractivity contribution in [3.8, 4) is 10.4 Å². The quantitative estimate of drug-likeness (QED) is 0.399. The summed E-state index contributed by atoms with van der Waals surface area (Å²) in [7, 11) is 1.98. The van der Waals surface area contributed by atoms with E-state index in [1.54, 1.807) is 0 Å². The first-order chi connectivity index (χ1) is 16.6. The van der Waals surface area contributed by atoms with Gasteiger partial charge >= 0.3 is 0 Å². The maximum absolute atomic E-state index is 5.50. The number of benzene rings is 1. The Hall–Kier alpha value is -3.07. The summed E-state index contributed by atoms with van der Waals surface area (Å²) in [4.78, 5) is 9.49. The van der Waals surface area contributed by atoms with Gasteiger partial charge in [-0.25, -0.2) is 4.98 Å². The van der Waals surface area contributed by atoms with Crippen LogP contribution in [0.15, 0.2) is 48.7 Å². The average molecular weight is 475 g/mol. The van der Waals surface area contributed by atoms with E-state index in [1.165, 1.54) is 20.9 Å². The second-order valence-corrected chi connectivity index (χ2v) is 9.69. The highest BCUT2D eigenvalue weighted by atomic mass is 32.1. The van der Waals surface area contributed by atoms with Crippen LogP contribution in [0, 0.1) is 6.92 Å². The van der Waals surface area contributed by atoms with Crippen molar-refractivity contribution in [3.05, 3.63) is 64.8 Å². The third-order valence-electron chi connectivity index (χ3n) is 6.23. The van der Waals surface area contributed by atoms with Gasteiger partial charge in [0, 0.05) is 46.4 Å². The molecule has 1 aliphatic rings. The van der Waals surface area contributed by atoms with Crippen LogP contribution in [-0.4, -0.2) is 48.5 Å². The highest BCUT2D eigenvalue weighted by molar-refractivity contribution is 7.15. The predicted octanol–water partition coefficient (Wildman–Crippen LogP) is 4.79. The summed E-state index contributed by atoms with van der Waals surface area (Å²) in [6, 6.07) is 15.2. The van der Waals surface area contributed by atoms with Gasteiger partial charge in [-0.05, 0) is 50.2 Å². The molecule has 7 nitrogen and oxygen atoms in total. The van der Waals surface area contributed by atoms with Gasteiger partial charge < -0.3 is 20.3 Å². The molecule has 5 rings (SSSR count). The standard InChI is InChI=1S/C26H30N6OS/c1-17-22-16-28-25(32-10-12-33-13-11-32)14-21(22)26(31-30-17)29-18(2)23-8-9-24(34-23)20-7-5-4-6-19(20)15-27-3/h4-9,14,16,18,27H,10-13,15H2,1-3H3,(H,29,31). The number of fused-ring (bicyclic) bond motifs is 1. The third-order valence-corrected chi connectivity index (χ3v) is 7.53. The van der Waals surface area contributed by atoms with Crippen LogP contribution in [0.2, 0.25) is 0 Å². The molecule has 1 aliphatic heterocycles. The number of ether oxygens (including phenoxy) is 1. The van der Waals surface area contributed by atoms with Crippen molar-refractivity contribution in [3.63, 3.8) is 0 Å². The van der Waals surface area contributed by atoms with Gasteiger partial charge in [-0.15, -0.1) is 16.4 Å². The fourth-order valence-electron chi connectivity index (χ4n) is 4.35. The van der Waals surface area contributed by atoms with E-state index in [4.69, 9.17) is 9.72 Å². The molecule has 0 radical (unpaired) electrons. The molecule has 1 unspecified atom stereocenters. The van der Waals surface area contributed by atoms with Gasteiger partial charge in [0.05, 0.1) is 24.9 Å². The molecule has 0 amide bonds. The number of hydrogen-bond acceptors (Lipinski definition) is 8. The number of nitrogens with one attached hydrogen (secondary N) is 2. The van der Waals surface area contributed by atoms with Crippen molar-refractivity contribution in [2.24, 2.45) is 0 Å². The summed E-state index contributed by atoms with van der Waals surface area (Å²) < 4.78 is 5.50. The van der Waals surface area contributed by atoms with Gasteiger partial charge in [0.2, 0.25) is 0 Å². The zero-order chi connectivity index (χ0) is 23.5. The fourth-order valence-corrected chi connectivity index (χ4v) is 5.42. The molecule has 4 heterocycles. The van der Waals surface area contributed by atoms with Gasteiger partial charge in [0.25, 0.3) is 0 Å². The molecule has 0 aliphatic carbocycles. The highest BCUT2D eigenvalue weighted by Crippen LogP contribution is 2.35. The van der Waals surface area contributed by atoms with Crippen molar-refractivity contribution < 1.29 is 4.74 Å². The molecule has 4 aromatic rings.